The van der Waals surface area contributed by atoms with Gasteiger partial charge in [0, 0.05) is 211 Å². The topological polar surface area (TPSA) is 146 Å². The first-order chi connectivity index (χ1) is 63.5. The molecule has 0 radical (unpaired) electrons. The second kappa shape index (κ2) is 31.2. The molecule has 0 N–H and O–H groups in total. The van der Waals surface area contributed by atoms with Gasteiger partial charge in [-0.2, -0.15) is 0 Å². The van der Waals surface area contributed by atoms with Crippen LogP contribution in [0.5, 0.6) is 0 Å². The highest BCUT2D eigenvalue weighted by Gasteiger charge is 2.59. The summed E-state index contributed by atoms with van der Waals surface area (Å²) in [7, 11) is 0. The molecular weight excluding hydrogens is 1630 g/mol. The number of nitrogens with zero attached hydrogens (tertiary/aromatic N) is 10. The lowest BCUT2D eigenvalue weighted by Gasteiger charge is -2.59. The highest BCUT2D eigenvalue weighted by molar-refractivity contribution is 6.09. The first-order valence-corrected chi connectivity index (χ1v) is 49.4. The van der Waals surface area contributed by atoms with Crippen LogP contribution in [-0.4, -0.2) is 122 Å². The summed E-state index contributed by atoms with van der Waals surface area (Å²) < 4.78 is 32.0. The largest absolute Gasteiger partial charge is 0.437 e. The maximum Gasteiger partial charge on any atom is 0.227 e. The van der Waals surface area contributed by atoms with Crippen molar-refractivity contribution in [2.24, 2.45) is 16.7 Å². The molecule has 11 saturated heterocycles. The second-order valence-electron chi connectivity index (χ2n) is 43.2. The molecule has 676 valence electrons. The molecule has 31 rings (SSSR count). The molecule has 0 spiro atoms. The zero-order valence-corrected chi connectivity index (χ0v) is 81.0. The van der Waals surface area contributed by atoms with Crippen LogP contribution in [0.1, 0.15) is 239 Å². The average Bonchev–Trinajstić information content (AvgIpc) is 1.37. The van der Waals surface area contributed by atoms with Crippen molar-refractivity contribution in [1.29, 1.82) is 0 Å². The van der Waals surface area contributed by atoms with Crippen molar-refractivity contribution in [3.8, 4) is 0 Å². The van der Waals surface area contributed by atoms with E-state index < -0.39 is 0 Å². The zero-order valence-electron chi connectivity index (χ0n) is 81.0. The summed E-state index contributed by atoms with van der Waals surface area (Å²) in [5, 5.41) is 11.7. The number of fused-ring (bicyclic) bond motifs is 31. The number of aromatic nitrogens is 5. The molecule has 15 heteroatoms. The molecule has 15 nitrogen and oxygen atoms in total. The number of hydrogen-bond donors (Lipinski definition) is 0. The first-order valence-electron chi connectivity index (χ1n) is 49.4. The smallest absolute Gasteiger partial charge is 0.227 e. The Balaban J connectivity index is 0.0000000937. The van der Waals surface area contributed by atoms with Gasteiger partial charge in [0.2, 0.25) is 28.6 Å². The monoisotopic (exact) mass is 1750 g/mol. The third-order valence-electron chi connectivity index (χ3n) is 35.4. The Kier molecular flexibility index (Phi) is 20.1. The van der Waals surface area contributed by atoms with Gasteiger partial charge in [-0.05, 0) is 317 Å². The van der Waals surface area contributed by atoms with E-state index >= 15 is 0 Å². The number of pyridine rings is 5. The Morgan fingerprint density at radius 2 is 0.629 bits per heavy atom. The maximum atomic E-state index is 6.46. The van der Waals surface area contributed by atoms with Crippen molar-refractivity contribution in [3.05, 3.63) is 265 Å². The lowest BCUT2D eigenvalue weighted by molar-refractivity contribution is -0.0622. The summed E-state index contributed by atoms with van der Waals surface area (Å²) in [6, 6.07) is 64.7. The summed E-state index contributed by atoms with van der Waals surface area (Å²) in [5.74, 6) is 3.19. The fraction of sp³-hybridized carbons (Fsp3) is 0.427. The fourth-order valence-electron chi connectivity index (χ4n) is 28.8. The number of furan rings is 5. The molecule has 0 aliphatic carbocycles. The summed E-state index contributed by atoms with van der Waals surface area (Å²) in [6.07, 6.45) is 8.94. The number of piperidine rings is 10. The Labute approximate surface area is 776 Å². The van der Waals surface area contributed by atoms with E-state index in [0.29, 0.717) is 76.7 Å². The van der Waals surface area contributed by atoms with E-state index in [4.69, 9.17) is 22.1 Å². The lowest BCUT2D eigenvalue weighted by Crippen LogP contribution is -2.60. The molecule has 11 fully saturated rings. The molecule has 17 aromatic rings. The van der Waals surface area contributed by atoms with Gasteiger partial charge in [0.05, 0.1) is 0 Å². The molecule has 15 atom stereocenters. The van der Waals surface area contributed by atoms with Gasteiger partial charge >= 0.3 is 0 Å². The van der Waals surface area contributed by atoms with E-state index in [1.165, 1.54) is 183 Å². The molecular formula is C117H128N10O5. The predicted octanol–water partition coefficient (Wildman–Crippen LogP) is 27.7. The van der Waals surface area contributed by atoms with Crippen molar-refractivity contribution >= 4 is 122 Å². The number of anilines is 2. The minimum atomic E-state index is 0.0946. The highest BCUT2D eigenvalue weighted by atomic mass is 16.4. The number of aryl methyl sites for hydroxylation is 10. The minimum Gasteiger partial charge on any atom is -0.437 e. The number of para-hydroxylation sites is 2. The molecule has 14 aliphatic rings. The van der Waals surface area contributed by atoms with Gasteiger partial charge in [0.15, 0.2) is 0 Å². The molecule has 132 heavy (non-hydrogen) atoms. The van der Waals surface area contributed by atoms with Crippen LogP contribution >= 0.6 is 0 Å². The third kappa shape index (κ3) is 12.9. The van der Waals surface area contributed by atoms with Gasteiger partial charge in [-0.3, -0.25) is 9.80 Å². The highest BCUT2D eigenvalue weighted by Crippen LogP contribution is 2.63. The van der Waals surface area contributed by atoms with E-state index in [1.54, 1.807) is 0 Å². The van der Waals surface area contributed by atoms with Crippen molar-refractivity contribution < 1.29 is 22.1 Å². The van der Waals surface area contributed by atoms with Crippen LogP contribution in [0.15, 0.2) is 192 Å². The predicted molar refractivity (Wildman–Crippen MR) is 540 cm³/mol. The van der Waals surface area contributed by atoms with Crippen LogP contribution in [0.25, 0.3) is 110 Å². The summed E-state index contributed by atoms with van der Waals surface area (Å²) in [6.45, 7) is 54.0. The van der Waals surface area contributed by atoms with E-state index in [1.807, 2.05) is 34.6 Å². The number of benzene rings is 7. The van der Waals surface area contributed by atoms with Crippen molar-refractivity contribution in [2.45, 2.75) is 260 Å². The van der Waals surface area contributed by atoms with Crippen LogP contribution in [0, 0.1) is 86.0 Å². The second-order valence-corrected chi connectivity index (χ2v) is 43.2. The summed E-state index contributed by atoms with van der Waals surface area (Å²) in [5.41, 5.74) is 34.5. The Morgan fingerprint density at radius 1 is 0.295 bits per heavy atom. The lowest BCUT2D eigenvalue weighted by atomic mass is 9.58. The zero-order chi connectivity index (χ0) is 91.1. The van der Waals surface area contributed by atoms with Gasteiger partial charge in [-0.25, -0.2) is 24.9 Å². The van der Waals surface area contributed by atoms with E-state index in [-0.39, 0.29) is 10.8 Å². The molecule has 10 aromatic heterocycles. The van der Waals surface area contributed by atoms with Crippen LogP contribution in [-0.2, 0) is 10.8 Å². The Morgan fingerprint density at radius 3 is 1.02 bits per heavy atom. The quantitative estimate of drug-likeness (QED) is 0.161. The Bertz CT molecular complexity index is 7530. The number of hydrogen-bond acceptors (Lipinski definition) is 15. The minimum absolute atomic E-state index is 0.0946. The van der Waals surface area contributed by atoms with Gasteiger partial charge in [-0.1, -0.05) is 125 Å². The van der Waals surface area contributed by atoms with Gasteiger partial charge in [-0.15, -0.1) is 0 Å². The maximum absolute atomic E-state index is 6.46. The first kappa shape index (κ1) is 85.0. The molecule has 0 saturated carbocycles. The Hall–Kier alpha value is -11.2. The van der Waals surface area contributed by atoms with Crippen molar-refractivity contribution in [1.82, 2.24) is 39.6 Å². The van der Waals surface area contributed by atoms with Crippen LogP contribution in [0.4, 0.5) is 11.4 Å². The average molecular weight is 1750 g/mol. The van der Waals surface area contributed by atoms with Crippen LogP contribution in [0.2, 0.25) is 0 Å². The molecule has 10 bridgehead atoms. The molecule has 24 heterocycles. The van der Waals surface area contributed by atoms with Gasteiger partial charge in [0.25, 0.3) is 0 Å². The van der Waals surface area contributed by atoms with Gasteiger partial charge < -0.3 is 36.8 Å². The summed E-state index contributed by atoms with van der Waals surface area (Å²) >= 11 is 0. The number of rotatable bonds is 5. The van der Waals surface area contributed by atoms with E-state index in [2.05, 4.69) is 323 Å². The molecule has 0 amide bonds. The summed E-state index contributed by atoms with van der Waals surface area (Å²) in [4.78, 5) is 36.5. The SMILES string of the molecule is Cc1ccc2c(n1)oc1c(C3C(C)N4CC3(C)c3ccccc34)c(C)ccc12.Cc1ccc2c(n1)oc1c(C3C(C)N4CCC3(C)CC4)c(C)ccc12.Cc1ccc2c(n1)oc1c(C3C(C)N4CCC3(C)CC4C)c(C)ccc12.Cc1ccc2c(n1)oc1c(C3C(C)N4CCC3(C)c3ccccc34)c(C)ccc12.Cc1ccc2c(n1)oc1c(C3C4CCN(CC4)C3C)c(C)ccc12. The fourth-order valence-corrected chi connectivity index (χ4v) is 28.8. The molecule has 7 aromatic carbocycles. The van der Waals surface area contributed by atoms with Crippen LogP contribution in [0.3, 0.4) is 0 Å². The van der Waals surface area contributed by atoms with E-state index in [9.17, 15) is 0 Å². The van der Waals surface area contributed by atoms with Crippen molar-refractivity contribution in [3.63, 3.8) is 0 Å². The normalized spacial score (nSPS) is 29.3. The standard InChI is InChI=1S/C26H26N2O.C25H24N2O.C23H28N2O.C22H26N2O.C21H24N2O/c1-15-9-11-18-19-12-10-16(2)27-25(19)29-24(18)22(15)23-17(3)28-14-13-26(23,4)20-7-5-6-8-21(20)28;1-14-9-11-17-18-12-10-15(2)26-24(18)28-23(17)21(14)22-16(3)27-13-25(22,4)19-7-5-6-8-20(19)27;1-13-6-8-17-18-9-7-14(2)24-22(18)26-21(17)19(13)20-16(4)25-11-10-23(20,5)12-15(25)3;1-13-5-7-16-17-8-6-14(2)23-21(17)25-20(16)18(13)19-15(3)24-11-9-22(19,4)10-12-24;1-12-4-6-16-17-7-5-13(2)22-21(17)24-20(16)18(12)19-14(3)23-10-8-15(19)9-11-23/h5-12,17,23H,13-14H2,1-4H3;5-12,16,22H,13H2,1-4H3;6-9,15-16,20H,10-12H2,1-5H3;5-8,15,19H,9-12H2,1-4H3;4-7,14-15,19H,8-11H2,1-3H3. The third-order valence-corrected chi connectivity index (χ3v) is 35.4. The molecule has 15 unspecified atom stereocenters. The van der Waals surface area contributed by atoms with E-state index in [0.717, 1.165) is 131 Å². The van der Waals surface area contributed by atoms with Gasteiger partial charge in [0.1, 0.15) is 27.9 Å². The molecule has 14 aliphatic heterocycles. The van der Waals surface area contributed by atoms with Crippen LogP contribution < -0.4 is 9.80 Å². The van der Waals surface area contributed by atoms with Crippen molar-refractivity contribution in [2.75, 3.05) is 55.6 Å².